The Bertz CT molecular complexity index is 627. The zero-order valence-corrected chi connectivity index (χ0v) is 10.4. The first-order valence-electron chi connectivity index (χ1n) is 6.30. The fraction of sp³-hybridized carbons (Fsp3) is 0.308. The number of nitrogens with zero attached hydrogens (tertiary/aromatic N) is 2. The number of piperidine rings is 1. The molecule has 1 fully saturated rings. The molecule has 1 saturated heterocycles. The minimum absolute atomic E-state index is 0.0133. The number of nitrogen functional groups attached to an aromatic ring is 1. The second kappa shape index (κ2) is 4.72. The first kappa shape index (κ1) is 11.7. The summed E-state index contributed by atoms with van der Waals surface area (Å²) >= 11 is 0. The molecule has 6 nitrogen and oxygen atoms in total. The van der Waals surface area contributed by atoms with Gasteiger partial charge in [-0.1, -0.05) is 12.1 Å². The summed E-state index contributed by atoms with van der Waals surface area (Å²) in [5, 5.41) is 5.90. The monoisotopic (exact) mass is 257 g/mol. The van der Waals surface area contributed by atoms with E-state index in [9.17, 15) is 4.79 Å². The van der Waals surface area contributed by atoms with Crippen molar-refractivity contribution in [2.45, 2.75) is 18.9 Å². The fourth-order valence-electron chi connectivity index (χ4n) is 2.19. The smallest absolute Gasteiger partial charge is 0.242 e. The van der Waals surface area contributed by atoms with Crippen LogP contribution in [0.5, 0.6) is 0 Å². The van der Waals surface area contributed by atoms with Gasteiger partial charge in [-0.3, -0.25) is 4.79 Å². The Morgan fingerprint density at radius 2 is 2.00 bits per heavy atom. The van der Waals surface area contributed by atoms with Crippen LogP contribution in [0.15, 0.2) is 24.3 Å². The van der Waals surface area contributed by atoms with E-state index in [1.165, 1.54) is 0 Å². The highest BCUT2D eigenvalue weighted by Gasteiger charge is 2.23. The Morgan fingerprint density at radius 1 is 1.26 bits per heavy atom. The van der Waals surface area contributed by atoms with Crippen molar-refractivity contribution >= 4 is 28.6 Å². The highest BCUT2D eigenvalue weighted by molar-refractivity contribution is 5.87. The molecule has 0 saturated carbocycles. The molecule has 1 aliphatic rings. The zero-order chi connectivity index (χ0) is 13.2. The summed E-state index contributed by atoms with van der Waals surface area (Å²) in [4.78, 5) is 20.4. The van der Waals surface area contributed by atoms with Crippen molar-refractivity contribution in [3.63, 3.8) is 0 Å². The minimum Gasteiger partial charge on any atom is -0.381 e. The molecule has 0 radical (unpaired) electrons. The van der Waals surface area contributed by atoms with Gasteiger partial charge >= 0.3 is 0 Å². The van der Waals surface area contributed by atoms with Gasteiger partial charge in [0.05, 0.1) is 11.0 Å². The van der Waals surface area contributed by atoms with Crippen LogP contribution in [0.4, 0.5) is 11.6 Å². The van der Waals surface area contributed by atoms with E-state index in [4.69, 9.17) is 5.73 Å². The maximum absolute atomic E-state index is 11.7. The van der Waals surface area contributed by atoms with Crippen LogP contribution in [-0.4, -0.2) is 28.5 Å². The van der Waals surface area contributed by atoms with E-state index in [1.54, 1.807) is 0 Å². The van der Waals surface area contributed by atoms with Gasteiger partial charge in [0.1, 0.15) is 6.04 Å². The Balaban J connectivity index is 1.91. The molecule has 1 aliphatic heterocycles. The molecule has 6 heteroatoms. The van der Waals surface area contributed by atoms with Gasteiger partial charge in [0.25, 0.3) is 0 Å². The van der Waals surface area contributed by atoms with Crippen LogP contribution >= 0.6 is 0 Å². The molecule has 2 heterocycles. The molecular formula is C13H15N5O. The third-order valence-electron chi connectivity index (χ3n) is 3.19. The lowest BCUT2D eigenvalue weighted by atomic mass is 10.1. The van der Waals surface area contributed by atoms with Gasteiger partial charge in [-0.2, -0.15) is 0 Å². The predicted octanol–water partition coefficient (Wildman–Crippen LogP) is 0.902. The number of rotatable bonds is 2. The lowest BCUT2D eigenvalue weighted by Crippen LogP contribution is -2.44. The number of amides is 1. The number of carbonyl (C=O) groups is 1. The number of hydrogen-bond acceptors (Lipinski definition) is 5. The van der Waals surface area contributed by atoms with E-state index in [0.29, 0.717) is 11.6 Å². The maximum Gasteiger partial charge on any atom is 0.242 e. The maximum atomic E-state index is 11.7. The topological polar surface area (TPSA) is 92.9 Å². The number of para-hydroxylation sites is 2. The molecule has 98 valence electrons. The second-order valence-corrected chi connectivity index (χ2v) is 4.58. The van der Waals surface area contributed by atoms with E-state index >= 15 is 0 Å². The molecule has 19 heavy (non-hydrogen) atoms. The van der Waals surface area contributed by atoms with Gasteiger partial charge in [-0.05, 0) is 25.0 Å². The number of benzene rings is 1. The predicted molar refractivity (Wildman–Crippen MR) is 73.6 cm³/mol. The number of nitrogens with two attached hydrogens (primary N) is 1. The van der Waals surface area contributed by atoms with E-state index in [-0.39, 0.29) is 11.9 Å². The number of carbonyl (C=O) groups excluding carboxylic acids is 1. The summed E-state index contributed by atoms with van der Waals surface area (Å²) in [5.41, 5.74) is 7.39. The molecular weight excluding hydrogens is 242 g/mol. The van der Waals surface area contributed by atoms with Crippen molar-refractivity contribution < 1.29 is 4.79 Å². The number of nitrogens with one attached hydrogen (secondary N) is 2. The van der Waals surface area contributed by atoms with Crippen molar-refractivity contribution in [1.29, 1.82) is 0 Å². The third kappa shape index (κ3) is 2.29. The summed E-state index contributed by atoms with van der Waals surface area (Å²) in [6.07, 6.45) is 1.73. The van der Waals surface area contributed by atoms with Crippen molar-refractivity contribution in [1.82, 2.24) is 15.3 Å². The average molecular weight is 257 g/mol. The third-order valence-corrected chi connectivity index (χ3v) is 3.19. The van der Waals surface area contributed by atoms with Crippen molar-refractivity contribution in [3.8, 4) is 0 Å². The Kier molecular flexibility index (Phi) is 2.91. The standard InChI is InChI=1S/C13H15N5O/c14-11-12(18-10-6-3-7-15-13(10)19)17-9-5-2-1-4-8(9)16-11/h1-2,4-5,10H,3,6-7H2,(H2,14,16)(H,15,19)(H,17,18). The quantitative estimate of drug-likeness (QED) is 0.743. The van der Waals surface area contributed by atoms with E-state index < -0.39 is 0 Å². The first-order chi connectivity index (χ1) is 9.24. The molecule has 1 aromatic carbocycles. The van der Waals surface area contributed by atoms with Gasteiger partial charge < -0.3 is 16.4 Å². The van der Waals surface area contributed by atoms with Crippen molar-refractivity contribution in [2.75, 3.05) is 17.6 Å². The summed E-state index contributed by atoms with van der Waals surface area (Å²) in [7, 11) is 0. The molecule has 0 bridgehead atoms. The van der Waals surface area contributed by atoms with Crippen LogP contribution in [0.25, 0.3) is 11.0 Å². The lowest BCUT2D eigenvalue weighted by Gasteiger charge is -2.23. The summed E-state index contributed by atoms with van der Waals surface area (Å²) < 4.78 is 0. The number of anilines is 2. The normalized spacial score (nSPS) is 19.2. The summed E-state index contributed by atoms with van der Waals surface area (Å²) in [6.45, 7) is 0.732. The number of aromatic nitrogens is 2. The Hall–Kier alpha value is -2.37. The zero-order valence-electron chi connectivity index (χ0n) is 10.4. The molecule has 1 unspecified atom stereocenters. The summed E-state index contributed by atoms with van der Waals surface area (Å²) in [5.74, 6) is 0.776. The first-order valence-corrected chi connectivity index (χ1v) is 6.30. The van der Waals surface area contributed by atoms with Gasteiger partial charge in [-0.25, -0.2) is 9.97 Å². The molecule has 2 aromatic rings. The van der Waals surface area contributed by atoms with Crippen LogP contribution in [0.1, 0.15) is 12.8 Å². The molecule has 0 aliphatic carbocycles. The summed E-state index contributed by atoms with van der Waals surface area (Å²) in [6, 6.07) is 7.22. The van der Waals surface area contributed by atoms with Crippen LogP contribution in [0.3, 0.4) is 0 Å². The van der Waals surface area contributed by atoms with E-state index in [0.717, 1.165) is 30.4 Å². The van der Waals surface area contributed by atoms with Crippen LogP contribution in [0.2, 0.25) is 0 Å². The minimum atomic E-state index is -0.286. The van der Waals surface area contributed by atoms with Crippen LogP contribution in [0, 0.1) is 0 Å². The molecule has 4 N–H and O–H groups in total. The molecule has 1 atom stereocenters. The molecule has 3 rings (SSSR count). The number of fused-ring (bicyclic) bond motifs is 1. The second-order valence-electron chi connectivity index (χ2n) is 4.58. The van der Waals surface area contributed by atoms with Crippen molar-refractivity contribution in [2.24, 2.45) is 0 Å². The van der Waals surface area contributed by atoms with Gasteiger partial charge in [-0.15, -0.1) is 0 Å². The van der Waals surface area contributed by atoms with E-state index in [1.807, 2.05) is 24.3 Å². The highest BCUT2D eigenvalue weighted by Crippen LogP contribution is 2.20. The lowest BCUT2D eigenvalue weighted by molar-refractivity contribution is -0.123. The van der Waals surface area contributed by atoms with E-state index in [2.05, 4.69) is 20.6 Å². The Labute approximate surface area is 110 Å². The van der Waals surface area contributed by atoms with Crippen LogP contribution in [-0.2, 0) is 4.79 Å². The average Bonchev–Trinajstić information content (AvgIpc) is 2.42. The Morgan fingerprint density at radius 3 is 2.74 bits per heavy atom. The van der Waals surface area contributed by atoms with Crippen molar-refractivity contribution in [3.05, 3.63) is 24.3 Å². The van der Waals surface area contributed by atoms with Crippen LogP contribution < -0.4 is 16.4 Å². The SMILES string of the molecule is Nc1nc2ccccc2nc1NC1CCCNC1=O. The molecule has 1 aromatic heterocycles. The largest absolute Gasteiger partial charge is 0.381 e. The van der Waals surface area contributed by atoms with Gasteiger partial charge in [0, 0.05) is 6.54 Å². The highest BCUT2D eigenvalue weighted by atomic mass is 16.2. The van der Waals surface area contributed by atoms with Gasteiger partial charge in [0.15, 0.2) is 11.6 Å². The van der Waals surface area contributed by atoms with Gasteiger partial charge in [0.2, 0.25) is 5.91 Å². The number of hydrogen-bond donors (Lipinski definition) is 3. The molecule has 1 amide bonds. The fourth-order valence-corrected chi connectivity index (χ4v) is 2.19. The molecule has 0 spiro atoms.